The molecular weight excluding hydrogens is 705 g/mol. The van der Waals surface area contributed by atoms with Crippen LogP contribution in [0.2, 0.25) is 0 Å². The van der Waals surface area contributed by atoms with Gasteiger partial charge in [0.2, 0.25) is 0 Å². The summed E-state index contributed by atoms with van der Waals surface area (Å²) in [7, 11) is 0. The van der Waals surface area contributed by atoms with E-state index in [0.29, 0.717) is 63.4 Å². The second-order valence-electron chi connectivity index (χ2n) is 14.7. The van der Waals surface area contributed by atoms with Crippen LogP contribution in [0.25, 0.3) is 0 Å². The number of thioether (sulfide) groups is 2. The zero-order chi connectivity index (χ0) is 39.1. The van der Waals surface area contributed by atoms with Crippen LogP contribution in [-0.2, 0) is 10.8 Å². The van der Waals surface area contributed by atoms with Crippen LogP contribution in [0.3, 0.4) is 0 Å². The van der Waals surface area contributed by atoms with Crippen molar-refractivity contribution in [3.8, 4) is 0 Å². The summed E-state index contributed by atoms with van der Waals surface area (Å²) >= 11 is 2.88. The number of hydrogen-bond acceptors (Lipinski definition) is 9. The molecule has 0 radical (unpaired) electrons. The Bertz CT molecular complexity index is 2020. The van der Waals surface area contributed by atoms with Gasteiger partial charge < -0.3 is 33.2 Å². The van der Waals surface area contributed by atoms with Crippen molar-refractivity contribution in [2.75, 3.05) is 46.3 Å². The average Bonchev–Trinajstić information content (AvgIpc) is 3.10. The summed E-state index contributed by atoms with van der Waals surface area (Å²) in [6, 6.07) is 20.7. The average molecular weight is 755 g/mol. The molecule has 3 amide bonds. The number of anilines is 4. The van der Waals surface area contributed by atoms with Crippen molar-refractivity contribution < 1.29 is 19.2 Å². The molecule has 4 aromatic rings. The monoisotopic (exact) mass is 754 g/mol. The maximum Gasteiger partial charge on any atom is 0.255 e. The van der Waals surface area contributed by atoms with Crippen molar-refractivity contribution in [3.05, 3.63) is 106 Å². The number of nitrogens with one attached hydrogen (secondary N) is 3. The lowest BCUT2D eigenvalue weighted by Crippen LogP contribution is -2.20. The van der Waals surface area contributed by atoms with E-state index in [1.807, 2.05) is 45.0 Å². The van der Waals surface area contributed by atoms with E-state index >= 15 is 0 Å². The van der Waals surface area contributed by atoms with E-state index in [9.17, 15) is 19.2 Å². The highest BCUT2D eigenvalue weighted by atomic mass is 32.2. The van der Waals surface area contributed by atoms with E-state index in [0.717, 1.165) is 16.0 Å². The molecule has 0 aliphatic rings. The minimum atomic E-state index is -0.440. The lowest BCUT2D eigenvalue weighted by atomic mass is 9.86. The number of ketones is 1. The van der Waals surface area contributed by atoms with Gasteiger partial charge in [-0.3, -0.25) is 19.2 Å². The molecule has 0 aromatic heterocycles. The molecule has 280 valence electrons. The largest absolute Gasteiger partial charge is 0.398 e. The number of carbonyl (C=O) groups excluding carboxylic acids is 4. The minimum Gasteiger partial charge on any atom is -0.398 e. The van der Waals surface area contributed by atoms with E-state index in [2.05, 4.69) is 36.7 Å². The van der Waals surface area contributed by atoms with Crippen LogP contribution < -0.4 is 33.2 Å². The number of benzene rings is 4. The van der Waals surface area contributed by atoms with Gasteiger partial charge in [-0.05, 0) is 83.5 Å². The molecule has 4 aromatic carbocycles. The molecule has 9 N–H and O–H groups in total. The third kappa shape index (κ3) is 10.7. The van der Waals surface area contributed by atoms with Gasteiger partial charge in [0.05, 0.1) is 26.9 Å². The maximum absolute atomic E-state index is 13.9. The first-order valence-electron chi connectivity index (χ1n) is 17.4. The van der Waals surface area contributed by atoms with Gasteiger partial charge in [0.15, 0.2) is 5.78 Å². The first kappa shape index (κ1) is 41.1. The molecule has 0 unspecified atom stereocenters. The van der Waals surface area contributed by atoms with Crippen molar-refractivity contribution in [1.82, 2.24) is 0 Å². The second kappa shape index (κ2) is 17.5. The summed E-state index contributed by atoms with van der Waals surface area (Å²) in [6.45, 7) is 14.6. The third-order valence-corrected chi connectivity index (χ3v) is 10.7. The van der Waals surface area contributed by atoms with Crippen LogP contribution in [0.1, 0.15) is 101 Å². The maximum atomic E-state index is 13.9. The van der Waals surface area contributed by atoms with E-state index in [-0.39, 0.29) is 27.7 Å². The summed E-state index contributed by atoms with van der Waals surface area (Å²) in [5.41, 5.74) is 22.8. The molecule has 12 heteroatoms. The fourth-order valence-corrected chi connectivity index (χ4v) is 6.99. The van der Waals surface area contributed by atoms with Gasteiger partial charge in [0.1, 0.15) is 0 Å². The Morgan fingerprint density at radius 2 is 0.925 bits per heavy atom. The van der Waals surface area contributed by atoms with Crippen LogP contribution in [0.4, 0.5) is 22.7 Å². The van der Waals surface area contributed by atoms with E-state index < -0.39 is 17.7 Å². The Balaban J connectivity index is 1.69. The van der Waals surface area contributed by atoms with E-state index in [4.69, 9.17) is 17.2 Å². The smallest absolute Gasteiger partial charge is 0.255 e. The lowest BCUT2D eigenvalue weighted by molar-refractivity contribution is 0.100. The molecule has 0 aliphatic heterocycles. The topological polar surface area (TPSA) is 182 Å². The third-order valence-electron chi connectivity index (χ3n) is 8.33. The molecule has 53 heavy (non-hydrogen) atoms. The van der Waals surface area contributed by atoms with E-state index in [1.54, 1.807) is 48.5 Å². The fraction of sp³-hybridized carbons (Fsp3) is 0.317. The Labute approximate surface area is 320 Å². The van der Waals surface area contributed by atoms with Gasteiger partial charge in [0, 0.05) is 52.5 Å². The highest BCUT2D eigenvalue weighted by Crippen LogP contribution is 2.40. The summed E-state index contributed by atoms with van der Waals surface area (Å²) in [5, 5.41) is 9.08. The first-order chi connectivity index (χ1) is 24.9. The molecule has 0 saturated carbocycles. The Morgan fingerprint density at radius 1 is 0.566 bits per heavy atom. The van der Waals surface area contributed by atoms with Crippen LogP contribution in [0.15, 0.2) is 82.6 Å². The summed E-state index contributed by atoms with van der Waals surface area (Å²) in [6.07, 6.45) is 0. The van der Waals surface area contributed by atoms with Crippen molar-refractivity contribution >= 4 is 69.8 Å². The van der Waals surface area contributed by atoms with Crippen LogP contribution in [-0.4, -0.2) is 48.1 Å². The zero-order valence-electron chi connectivity index (χ0n) is 31.4. The molecule has 0 spiro atoms. The van der Waals surface area contributed by atoms with Gasteiger partial charge in [-0.1, -0.05) is 59.7 Å². The number of amides is 3. The normalized spacial score (nSPS) is 11.6. The van der Waals surface area contributed by atoms with Crippen LogP contribution in [0, 0.1) is 0 Å². The number of nitrogen functional groups attached to an aromatic ring is 1. The van der Waals surface area contributed by atoms with Gasteiger partial charge in [-0.15, -0.1) is 23.5 Å². The van der Waals surface area contributed by atoms with Gasteiger partial charge >= 0.3 is 0 Å². The standard InChI is InChI=1S/C41H50N6O4S2/c1-24(48)25-10-8-11-26(18-25)37(49)46-33-22-30(41(5,6)7)23-34(36(33)53-17-15-43)47-39(51)28-13-9-12-27(19-28)38(50)45-32-21-29(40(2,3)4)20-31(44)35(32)52-16-14-42/h8-13,18-23H,14-17,42-44H2,1-7H3,(H,45,50)(H,46,49)(H,47,51). The lowest BCUT2D eigenvalue weighted by Gasteiger charge is -2.24. The quantitative estimate of drug-likeness (QED) is 0.0449. The first-order valence-corrected chi connectivity index (χ1v) is 19.3. The molecule has 0 aliphatic carbocycles. The van der Waals surface area contributed by atoms with Gasteiger partial charge in [-0.2, -0.15) is 0 Å². The van der Waals surface area contributed by atoms with Crippen LogP contribution >= 0.6 is 23.5 Å². The molecule has 0 atom stereocenters. The molecule has 4 rings (SSSR count). The summed E-state index contributed by atoms with van der Waals surface area (Å²) in [5.74, 6) is -0.243. The Hall–Kier alpha value is -4.62. The highest BCUT2D eigenvalue weighted by Gasteiger charge is 2.24. The molecule has 10 nitrogen and oxygen atoms in total. The number of rotatable bonds is 13. The van der Waals surface area contributed by atoms with Crippen LogP contribution in [0.5, 0.6) is 0 Å². The number of hydrogen-bond donors (Lipinski definition) is 6. The Morgan fingerprint density at radius 3 is 1.32 bits per heavy atom. The number of nitrogens with two attached hydrogens (primary N) is 3. The fourth-order valence-electron chi connectivity index (χ4n) is 5.33. The van der Waals surface area contributed by atoms with Gasteiger partial charge in [-0.25, -0.2) is 0 Å². The number of Topliss-reactive ketones (excluding diaryl/α,β-unsaturated/α-hetero) is 1. The van der Waals surface area contributed by atoms with Gasteiger partial charge in [0.25, 0.3) is 17.7 Å². The predicted molar refractivity (Wildman–Crippen MR) is 221 cm³/mol. The second-order valence-corrected chi connectivity index (χ2v) is 16.9. The molecule has 0 bridgehead atoms. The molecule has 0 fully saturated rings. The zero-order valence-corrected chi connectivity index (χ0v) is 33.1. The van der Waals surface area contributed by atoms with Crippen molar-refractivity contribution in [2.45, 2.75) is 69.1 Å². The predicted octanol–water partition coefficient (Wildman–Crippen LogP) is 7.92. The minimum absolute atomic E-state index is 0.147. The highest BCUT2D eigenvalue weighted by molar-refractivity contribution is 7.99. The summed E-state index contributed by atoms with van der Waals surface area (Å²) in [4.78, 5) is 54.5. The molecular formula is C41H50N6O4S2. The SMILES string of the molecule is CC(=O)c1cccc(C(=O)Nc2cc(C(C)(C)C)cc(NC(=O)c3cccc(C(=O)Nc4cc(C(C)(C)C)cc(N)c4SCCN)c3)c2SCCN)c1. The Kier molecular flexibility index (Phi) is 13.6. The van der Waals surface area contributed by atoms with Crippen molar-refractivity contribution in [3.63, 3.8) is 0 Å². The van der Waals surface area contributed by atoms with Crippen molar-refractivity contribution in [2.24, 2.45) is 11.5 Å². The summed E-state index contributed by atoms with van der Waals surface area (Å²) < 4.78 is 0. The van der Waals surface area contributed by atoms with E-state index in [1.165, 1.54) is 30.4 Å². The van der Waals surface area contributed by atoms with Crippen molar-refractivity contribution in [1.29, 1.82) is 0 Å². The molecule has 0 heterocycles. The number of carbonyl (C=O) groups is 4. The molecule has 0 saturated heterocycles.